The van der Waals surface area contributed by atoms with Crippen LogP contribution in [0.4, 0.5) is 0 Å². The molecular weight excluding hydrogens is 272 g/mol. The molecule has 0 aliphatic carbocycles. The molecule has 6 nitrogen and oxygen atoms in total. The fraction of sp³-hybridized carbons (Fsp3) is 0.0833. The number of aryl methyl sites for hydroxylation is 1. The molecular formula is C12H10O6S. The third kappa shape index (κ3) is 2.67. The Morgan fingerprint density at radius 1 is 1.21 bits per heavy atom. The van der Waals surface area contributed by atoms with Gasteiger partial charge in [0, 0.05) is 5.56 Å². The first-order valence-electron chi connectivity index (χ1n) is 5.20. The van der Waals surface area contributed by atoms with Crippen LogP contribution in [0.5, 0.6) is 0 Å². The Morgan fingerprint density at radius 2 is 1.89 bits per heavy atom. The van der Waals surface area contributed by atoms with Gasteiger partial charge in [0.25, 0.3) is 10.1 Å². The van der Waals surface area contributed by atoms with Gasteiger partial charge >= 0.3 is 5.97 Å². The second-order valence-electron chi connectivity index (χ2n) is 3.92. The lowest BCUT2D eigenvalue weighted by Crippen LogP contribution is -2.01. The Balaban J connectivity index is 2.54. The molecule has 0 amide bonds. The molecule has 2 aromatic rings. The van der Waals surface area contributed by atoms with Gasteiger partial charge in [-0.15, -0.1) is 0 Å². The predicted molar refractivity (Wildman–Crippen MR) is 65.7 cm³/mol. The summed E-state index contributed by atoms with van der Waals surface area (Å²) in [5, 5.41) is 8.74. The second kappa shape index (κ2) is 4.52. The van der Waals surface area contributed by atoms with Crippen LogP contribution in [0.1, 0.15) is 16.1 Å². The fourth-order valence-electron chi connectivity index (χ4n) is 1.64. The van der Waals surface area contributed by atoms with Gasteiger partial charge in [-0.2, -0.15) is 8.42 Å². The summed E-state index contributed by atoms with van der Waals surface area (Å²) in [6.45, 7) is 1.54. The van der Waals surface area contributed by atoms with E-state index in [0.717, 1.165) is 0 Å². The van der Waals surface area contributed by atoms with E-state index < -0.39 is 16.1 Å². The van der Waals surface area contributed by atoms with E-state index in [1.54, 1.807) is 6.07 Å². The Kier molecular flexibility index (Phi) is 3.17. The van der Waals surface area contributed by atoms with Crippen molar-refractivity contribution in [3.8, 4) is 11.3 Å². The van der Waals surface area contributed by atoms with Gasteiger partial charge in [0.2, 0.25) is 5.76 Å². The zero-order valence-corrected chi connectivity index (χ0v) is 10.6. The number of aromatic carboxylic acids is 1. The lowest BCUT2D eigenvalue weighted by atomic mass is 10.1. The number of benzene rings is 1. The van der Waals surface area contributed by atoms with E-state index in [4.69, 9.17) is 14.1 Å². The molecule has 7 heteroatoms. The largest absolute Gasteiger partial charge is 0.475 e. The van der Waals surface area contributed by atoms with Crippen molar-refractivity contribution in [3.63, 3.8) is 0 Å². The van der Waals surface area contributed by atoms with E-state index in [1.165, 1.54) is 31.2 Å². The number of carbonyl (C=O) groups is 1. The molecule has 0 saturated carbocycles. The van der Waals surface area contributed by atoms with E-state index in [9.17, 15) is 13.2 Å². The molecule has 19 heavy (non-hydrogen) atoms. The van der Waals surface area contributed by atoms with Crippen molar-refractivity contribution in [1.82, 2.24) is 0 Å². The Morgan fingerprint density at radius 3 is 2.42 bits per heavy atom. The van der Waals surface area contributed by atoms with Crippen LogP contribution in [0.15, 0.2) is 39.6 Å². The molecule has 0 spiro atoms. The van der Waals surface area contributed by atoms with E-state index in [1.807, 2.05) is 0 Å². The molecule has 2 rings (SSSR count). The zero-order chi connectivity index (χ0) is 14.2. The number of hydrogen-bond donors (Lipinski definition) is 2. The molecule has 0 unspecified atom stereocenters. The van der Waals surface area contributed by atoms with Crippen LogP contribution in [0.2, 0.25) is 0 Å². The monoisotopic (exact) mass is 282 g/mol. The lowest BCUT2D eigenvalue weighted by molar-refractivity contribution is 0.0663. The summed E-state index contributed by atoms with van der Waals surface area (Å²) in [6.07, 6.45) is 0. The topological polar surface area (TPSA) is 105 Å². The number of hydrogen-bond acceptors (Lipinski definition) is 4. The highest BCUT2D eigenvalue weighted by Crippen LogP contribution is 2.26. The third-order valence-corrected chi connectivity index (χ3v) is 3.56. The molecule has 0 atom stereocenters. The first-order valence-corrected chi connectivity index (χ1v) is 6.64. The highest BCUT2D eigenvalue weighted by Gasteiger charge is 2.16. The molecule has 1 heterocycles. The van der Waals surface area contributed by atoms with Crippen LogP contribution in [0.3, 0.4) is 0 Å². The Hall–Kier alpha value is -2.12. The van der Waals surface area contributed by atoms with Crippen molar-refractivity contribution < 1.29 is 27.3 Å². The van der Waals surface area contributed by atoms with Crippen LogP contribution in [0, 0.1) is 6.92 Å². The molecule has 0 fully saturated rings. The average molecular weight is 282 g/mol. The van der Waals surface area contributed by atoms with Gasteiger partial charge in [-0.05, 0) is 30.7 Å². The molecule has 2 N–H and O–H groups in total. The summed E-state index contributed by atoms with van der Waals surface area (Å²) in [7, 11) is -4.33. The number of rotatable bonds is 3. The fourth-order valence-corrected chi connectivity index (χ4v) is 2.39. The maximum Gasteiger partial charge on any atom is 0.371 e. The second-order valence-corrected chi connectivity index (χ2v) is 5.31. The van der Waals surface area contributed by atoms with Crippen LogP contribution in [0.25, 0.3) is 11.3 Å². The first-order chi connectivity index (χ1) is 8.79. The maximum absolute atomic E-state index is 11.2. The summed E-state index contributed by atoms with van der Waals surface area (Å²) in [5.74, 6) is -1.25. The van der Waals surface area contributed by atoms with Gasteiger partial charge in [0.1, 0.15) is 5.76 Å². The predicted octanol–water partition coefficient (Wildman–Crippen LogP) is 2.20. The summed E-state index contributed by atoms with van der Waals surface area (Å²) in [6, 6.07) is 7.00. The van der Waals surface area contributed by atoms with Crippen molar-refractivity contribution in [3.05, 3.63) is 41.7 Å². The molecule has 1 aromatic heterocycles. The van der Waals surface area contributed by atoms with Crippen molar-refractivity contribution in [2.24, 2.45) is 0 Å². The lowest BCUT2D eigenvalue weighted by Gasteiger charge is -2.04. The van der Waals surface area contributed by atoms with Crippen molar-refractivity contribution in [1.29, 1.82) is 0 Å². The van der Waals surface area contributed by atoms with Crippen LogP contribution >= 0.6 is 0 Å². The van der Waals surface area contributed by atoms with Gasteiger partial charge in [0.05, 0.1) is 4.90 Å². The van der Waals surface area contributed by atoms with Crippen molar-refractivity contribution in [2.75, 3.05) is 0 Å². The van der Waals surface area contributed by atoms with Crippen LogP contribution < -0.4 is 0 Å². The molecule has 100 valence electrons. The summed E-state index contributed by atoms with van der Waals surface area (Å²) >= 11 is 0. The number of furan rings is 1. The first kappa shape index (κ1) is 13.3. The van der Waals surface area contributed by atoms with E-state index in [-0.39, 0.29) is 16.4 Å². The minimum atomic E-state index is -4.33. The van der Waals surface area contributed by atoms with Gasteiger partial charge < -0.3 is 9.52 Å². The minimum Gasteiger partial charge on any atom is -0.475 e. The molecule has 0 aliphatic rings. The van der Waals surface area contributed by atoms with E-state index in [0.29, 0.717) is 11.1 Å². The molecule has 0 aliphatic heterocycles. The smallest absolute Gasteiger partial charge is 0.371 e. The SMILES string of the molecule is Cc1ccc(-c2ccc(C(=O)O)o2)cc1S(=O)(=O)O. The molecule has 1 aromatic carbocycles. The Labute approximate surface area is 109 Å². The van der Waals surface area contributed by atoms with E-state index in [2.05, 4.69) is 0 Å². The average Bonchev–Trinajstić information content (AvgIpc) is 2.77. The van der Waals surface area contributed by atoms with Crippen molar-refractivity contribution in [2.45, 2.75) is 11.8 Å². The van der Waals surface area contributed by atoms with Gasteiger partial charge in [-0.25, -0.2) is 4.79 Å². The summed E-state index contributed by atoms with van der Waals surface area (Å²) in [5.41, 5.74) is 0.752. The molecule has 0 saturated heterocycles. The molecule has 0 bridgehead atoms. The van der Waals surface area contributed by atoms with Crippen LogP contribution in [-0.4, -0.2) is 24.0 Å². The minimum absolute atomic E-state index is 0.210. The summed E-state index contributed by atoms with van der Waals surface area (Å²) < 4.78 is 36.5. The standard InChI is InChI=1S/C12H10O6S/c1-7-2-3-8(6-11(7)19(15,16)17)9-4-5-10(18-9)12(13)14/h2-6H,1H3,(H,13,14)(H,15,16,17). The zero-order valence-electron chi connectivity index (χ0n) is 9.82. The highest BCUT2D eigenvalue weighted by atomic mass is 32.2. The Bertz CT molecular complexity index is 741. The van der Waals surface area contributed by atoms with Crippen LogP contribution in [-0.2, 0) is 10.1 Å². The molecule has 0 radical (unpaired) electrons. The van der Waals surface area contributed by atoms with Gasteiger partial charge in [-0.3, -0.25) is 4.55 Å². The van der Waals surface area contributed by atoms with Gasteiger partial charge in [-0.1, -0.05) is 12.1 Å². The van der Waals surface area contributed by atoms with E-state index >= 15 is 0 Å². The normalized spacial score (nSPS) is 11.5. The number of carboxylic acids is 1. The van der Waals surface area contributed by atoms with Crippen molar-refractivity contribution >= 4 is 16.1 Å². The number of carboxylic acid groups (broad SMARTS) is 1. The quantitative estimate of drug-likeness (QED) is 0.836. The summed E-state index contributed by atoms with van der Waals surface area (Å²) in [4.78, 5) is 10.5. The maximum atomic E-state index is 11.2. The third-order valence-electron chi connectivity index (χ3n) is 2.57. The highest BCUT2D eigenvalue weighted by molar-refractivity contribution is 7.85. The van der Waals surface area contributed by atoms with Gasteiger partial charge in [0.15, 0.2) is 0 Å².